The van der Waals surface area contributed by atoms with Crippen LogP contribution in [0.15, 0.2) is 66.7 Å². The van der Waals surface area contributed by atoms with Crippen molar-refractivity contribution in [3.05, 3.63) is 89.0 Å². The summed E-state index contributed by atoms with van der Waals surface area (Å²) in [5, 5.41) is 32.9. The summed E-state index contributed by atoms with van der Waals surface area (Å²) < 4.78 is 17.7. The zero-order valence-electron chi connectivity index (χ0n) is 17.8. The Hall–Kier alpha value is -3.53. The molecule has 3 aromatic carbocycles. The van der Waals surface area contributed by atoms with E-state index in [1.165, 1.54) is 7.11 Å². The highest BCUT2D eigenvalue weighted by Crippen LogP contribution is 2.68. The van der Waals surface area contributed by atoms with Gasteiger partial charge in [0, 0.05) is 18.1 Å². The first-order valence-corrected chi connectivity index (χ1v) is 10.4. The molecule has 1 saturated carbocycles. The van der Waals surface area contributed by atoms with Gasteiger partial charge in [-0.2, -0.15) is 5.26 Å². The third-order valence-electron chi connectivity index (χ3n) is 6.79. The van der Waals surface area contributed by atoms with Crippen molar-refractivity contribution in [2.24, 2.45) is 0 Å². The fourth-order valence-electron chi connectivity index (χ4n) is 5.38. The molecule has 1 aliphatic carbocycles. The molecule has 0 radical (unpaired) electrons. The Bertz CT molecular complexity index is 1200. The largest absolute Gasteiger partial charge is 0.496 e. The second-order valence-corrected chi connectivity index (χ2v) is 8.21. The first-order chi connectivity index (χ1) is 15.5. The minimum absolute atomic E-state index is 0.287. The van der Waals surface area contributed by atoms with E-state index >= 15 is 0 Å². The molecular formula is C26H23NO5. The third kappa shape index (κ3) is 2.52. The van der Waals surface area contributed by atoms with E-state index in [-0.39, 0.29) is 12.3 Å². The Morgan fingerprint density at radius 3 is 2.38 bits per heavy atom. The Morgan fingerprint density at radius 1 is 1.03 bits per heavy atom. The molecule has 2 aliphatic rings. The lowest BCUT2D eigenvalue weighted by Crippen LogP contribution is -2.52. The number of fused-ring (bicyclic) bond motifs is 3. The Balaban J connectivity index is 1.82. The van der Waals surface area contributed by atoms with Crippen molar-refractivity contribution in [3.63, 3.8) is 0 Å². The summed E-state index contributed by atoms with van der Waals surface area (Å²) in [7, 11) is 3.06. The maximum absolute atomic E-state index is 12.3. The van der Waals surface area contributed by atoms with Crippen molar-refractivity contribution in [2.45, 2.75) is 29.6 Å². The monoisotopic (exact) mass is 429 g/mol. The van der Waals surface area contributed by atoms with Crippen molar-refractivity contribution in [3.8, 4) is 23.3 Å². The van der Waals surface area contributed by atoms with Crippen LogP contribution in [0.4, 0.5) is 0 Å². The molecule has 6 heteroatoms. The van der Waals surface area contributed by atoms with Gasteiger partial charge in [-0.3, -0.25) is 0 Å². The van der Waals surface area contributed by atoms with E-state index in [0.29, 0.717) is 33.9 Å². The molecule has 4 atom stereocenters. The van der Waals surface area contributed by atoms with E-state index in [9.17, 15) is 15.5 Å². The smallest absolute Gasteiger partial charge is 0.176 e. The molecular weight excluding hydrogens is 406 g/mol. The van der Waals surface area contributed by atoms with E-state index in [4.69, 9.17) is 14.2 Å². The van der Waals surface area contributed by atoms with E-state index in [1.807, 2.05) is 30.3 Å². The lowest BCUT2D eigenvalue weighted by molar-refractivity contribution is -0.149. The Labute approximate surface area is 186 Å². The highest BCUT2D eigenvalue weighted by molar-refractivity contribution is 5.62. The van der Waals surface area contributed by atoms with Crippen LogP contribution in [-0.2, 0) is 11.2 Å². The molecule has 5 rings (SSSR count). The van der Waals surface area contributed by atoms with E-state index in [1.54, 1.807) is 43.5 Å². The Kier molecular flexibility index (Phi) is 4.63. The predicted octanol–water partition coefficient (Wildman–Crippen LogP) is 3.60. The molecule has 6 nitrogen and oxygen atoms in total. The average molecular weight is 429 g/mol. The van der Waals surface area contributed by atoms with Gasteiger partial charge in [0.15, 0.2) is 11.2 Å². The molecule has 0 saturated heterocycles. The summed E-state index contributed by atoms with van der Waals surface area (Å²) in [6.45, 7) is 0. The van der Waals surface area contributed by atoms with E-state index in [2.05, 4.69) is 6.07 Å². The molecule has 1 heterocycles. The van der Waals surface area contributed by atoms with Crippen LogP contribution in [0.25, 0.3) is 0 Å². The van der Waals surface area contributed by atoms with Gasteiger partial charge in [0.2, 0.25) is 0 Å². The number of hydrogen-bond donors (Lipinski definition) is 2. The lowest BCUT2D eigenvalue weighted by Gasteiger charge is -2.40. The highest BCUT2D eigenvalue weighted by atomic mass is 16.5. The van der Waals surface area contributed by atoms with Crippen molar-refractivity contribution in [1.29, 1.82) is 5.26 Å². The standard InChI is InChI=1S/C26H23NO5/c1-30-19-12-21(31-2)24-22(13-19)32-26(18-10-8-16(15-27)9-11-18)20(14-23(28)25(24,26)29)17-6-4-3-5-7-17/h3-13,20,23,28-29H,14H2,1-2H3/t20-,23+,25+,26-/m0/s1. The van der Waals surface area contributed by atoms with Crippen molar-refractivity contribution >= 4 is 0 Å². The second kappa shape index (κ2) is 7.27. The van der Waals surface area contributed by atoms with Gasteiger partial charge in [-0.25, -0.2) is 0 Å². The van der Waals surface area contributed by atoms with Crippen LogP contribution in [-0.4, -0.2) is 30.5 Å². The number of rotatable bonds is 4. The Morgan fingerprint density at radius 2 is 1.75 bits per heavy atom. The van der Waals surface area contributed by atoms with Gasteiger partial charge in [-0.1, -0.05) is 42.5 Å². The summed E-state index contributed by atoms with van der Waals surface area (Å²) in [4.78, 5) is 0. The number of aliphatic hydroxyl groups is 2. The van der Waals surface area contributed by atoms with Crippen molar-refractivity contribution < 1.29 is 24.4 Å². The molecule has 162 valence electrons. The maximum atomic E-state index is 12.3. The second-order valence-electron chi connectivity index (χ2n) is 8.21. The molecule has 0 bridgehead atoms. The number of methoxy groups -OCH3 is 2. The van der Waals surface area contributed by atoms with Crippen LogP contribution in [0.1, 0.15) is 34.6 Å². The van der Waals surface area contributed by atoms with E-state index in [0.717, 1.165) is 5.56 Å². The summed E-state index contributed by atoms with van der Waals surface area (Å²) in [5.74, 6) is 0.933. The number of ether oxygens (including phenoxy) is 3. The van der Waals surface area contributed by atoms with Gasteiger partial charge in [0.1, 0.15) is 17.2 Å². The topological polar surface area (TPSA) is 91.9 Å². The molecule has 3 aromatic rings. The molecule has 2 N–H and O–H groups in total. The summed E-state index contributed by atoms with van der Waals surface area (Å²) in [6.07, 6.45) is -0.832. The highest BCUT2D eigenvalue weighted by Gasteiger charge is 2.73. The number of hydrogen-bond acceptors (Lipinski definition) is 6. The first-order valence-electron chi connectivity index (χ1n) is 10.4. The molecule has 0 amide bonds. The summed E-state index contributed by atoms with van der Waals surface area (Å²) in [5.41, 5.74) is -0.611. The first kappa shape index (κ1) is 20.4. The number of benzene rings is 3. The number of nitriles is 1. The third-order valence-corrected chi connectivity index (χ3v) is 6.79. The lowest BCUT2D eigenvalue weighted by atomic mass is 9.71. The van der Waals surface area contributed by atoms with Crippen LogP contribution in [0.2, 0.25) is 0 Å². The molecule has 32 heavy (non-hydrogen) atoms. The van der Waals surface area contributed by atoms with Crippen LogP contribution in [0.3, 0.4) is 0 Å². The molecule has 1 fully saturated rings. The molecule has 0 spiro atoms. The fourth-order valence-corrected chi connectivity index (χ4v) is 5.38. The van der Waals surface area contributed by atoms with Crippen LogP contribution >= 0.6 is 0 Å². The molecule has 1 aliphatic heterocycles. The molecule has 0 unspecified atom stereocenters. The van der Waals surface area contributed by atoms with Gasteiger partial charge in [-0.05, 0) is 29.7 Å². The van der Waals surface area contributed by atoms with Gasteiger partial charge < -0.3 is 24.4 Å². The summed E-state index contributed by atoms with van der Waals surface area (Å²) in [6, 6.07) is 22.2. The van der Waals surface area contributed by atoms with Crippen LogP contribution in [0.5, 0.6) is 17.2 Å². The van der Waals surface area contributed by atoms with Gasteiger partial charge >= 0.3 is 0 Å². The normalized spacial score (nSPS) is 27.7. The predicted molar refractivity (Wildman–Crippen MR) is 117 cm³/mol. The van der Waals surface area contributed by atoms with Crippen LogP contribution < -0.4 is 14.2 Å². The molecule has 0 aromatic heterocycles. The van der Waals surface area contributed by atoms with Gasteiger partial charge in [0.05, 0.1) is 37.5 Å². The quantitative estimate of drug-likeness (QED) is 0.659. The minimum Gasteiger partial charge on any atom is -0.496 e. The fraction of sp³-hybridized carbons (Fsp3) is 0.269. The van der Waals surface area contributed by atoms with Gasteiger partial charge in [0.25, 0.3) is 0 Å². The van der Waals surface area contributed by atoms with Crippen molar-refractivity contribution in [2.75, 3.05) is 14.2 Å². The minimum atomic E-state index is -1.78. The zero-order chi connectivity index (χ0) is 22.5. The van der Waals surface area contributed by atoms with Crippen molar-refractivity contribution in [1.82, 2.24) is 0 Å². The van der Waals surface area contributed by atoms with Crippen LogP contribution in [0, 0.1) is 11.3 Å². The zero-order valence-corrected chi connectivity index (χ0v) is 17.8. The SMILES string of the molecule is COc1cc(OC)c2c(c1)O[C@@]1(c3ccc(C#N)cc3)[C@H](c3ccccc3)C[C@@H](O)[C@@]21O. The summed E-state index contributed by atoms with van der Waals surface area (Å²) >= 11 is 0. The number of aliphatic hydroxyl groups excluding tert-OH is 1. The number of nitrogens with zero attached hydrogens (tertiary/aromatic N) is 1. The maximum Gasteiger partial charge on any atom is 0.176 e. The van der Waals surface area contributed by atoms with E-state index < -0.39 is 17.3 Å². The average Bonchev–Trinajstić information content (AvgIpc) is 3.24. The van der Waals surface area contributed by atoms with Gasteiger partial charge in [-0.15, -0.1) is 0 Å².